The zero-order valence-corrected chi connectivity index (χ0v) is 10.4. The van der Waals surface area contributed by atoms with E-state index in [1.165, 1.54) is 6.33 Å². The summed E-state index contributed by atoms with van der Waals surface area (Å²) in [6.07, 6.45) is 1.50. The minimum Gasteiger partial charge on any atom is -0.491 e. The number of nitrogens with one attached hydrogen (secondary N) is 2. The predicted octanol–water partition coefficient (Wildman–Crippen LogP) is 1.33. The number of nitrogens with zero attached hydrogens (tertiary/aromatic N) is 2. The zero-order chi connectivity index (χ0) is 14.1. The van der Waals surface area contributed by atoms with Crippen LogP contribution in [0.3, 0.4) is 0 Å². The zero-order valence-electron chi connectivity index (χ0n) is 10.4. The molecule has 3 rings (SSSR count). The Morgan fingerprint density at radius 2 is 1.80 bits per heavy atom. The third kappa shape index (κ3) is 2.05. The van der Waals surface area contributed by atoms with Crippen LogP contribution < -0.4 is 10.6 Å². The molecule has 0 saturated carbocycles. The summed E-state index contributed by atoms with van der Waals surface area (Å²) in [5, 5.41) is 23.7. The number of benzene rings is 1. The average molecular weight is 272 g/mol. The van der Waals surface area contributed by atoms with E-state index in [4.69, 9.17) is 0 Å². The number of rotatable bonds is 2. The molecule has 0 spiro atoms. The summed E-state index contributed by atoms with van der Waals surface area (Å²) in [5.41, 5.74) is 1.13. The first kappa shape index (κ1) is 12.1. The normalized spacial score (nSPS) is 14.3. The Morgan fingerprint density at radius 1 is 1.10 bits per heavy atom. The van der Waals surface area contributed by atoms with Gasteiger partial charge in [0, 0.05) is 0 Å². The summed E-state index contributed by atoms with van der Waals surface area (Å²) in [6.45, 7) is 0.484. The van der Waals surface area contributed by atoms with Crippen LogP contribution in [0.1, 0.15) is 16.1 Å². The molecule has 0 radical (unpaired) electrons. The number of hydrogen-bond donors (Lipinski definition) is 4. The Morgan fingerprint density at radius 3 is 2.55 bits per heavy atom. The summed E-state index contributed by atoms with van der Waals surface area (Å²) in [6, 6.07) is 9.62. The van der Waals surface area contributed by atoms with E-state index in [-0.39, 0.29) is 5.69 Å². The summed E-state index contributed by atoms with van der Waals surface area (Å²) in [4.78, 5) is 15.8. The van der Waals surface area contributed by atoms with Crippen LogP contribution in [0.15, 0.2) is 48.4 Å². The Balaban J connectivity index is 1.98. The number of hydrogen-bond acceptors (Lipinski definition) is 5. The van der Waals surface area contributed by atoms with E-state index in [0.717, 1.165) is 5.56 Å². The van der Waals surface area contributed by atoms with E-state index in [9.17, 15) is 15.0 Å². The number of carbonyl (C=O) groups is 1. The van der Waals surface area contributed by atoms with Crippen LogP contribution in [0.2, 0.25) is 0 Å². The van der Waals surface area contributed by atoms with Crippen LogP contribution in [0.4, 0.5) is 5.82 Å². The van der Waals surface area contributed by atoms with Crippen molar-refractivity contribution in [2.75, 3.05) is 5.32 Å². The van der Waals surface area contributed by atoms with E-state index in [1.54, 1.807) is 4.57 Å². The predicted molar refractivity (Wildman–Crippen MR) is 71.1 cm³/mol. The molecule has 7 heteroatoms. The first-order valence-electron chi connectivity index (χ1n) is 5.95. The van der Waals surface area contributed by atoms with Crippen molar-refractivity contribution in [3.63, 3.8) is 0 Å². The lowest BCUT2D eigenvalue weighted by Gasteiger charge is -2.09. The average Bonchev–Trinajstić information content (AvgIpc) is 2.78. The minimum atomic E-state index is -0.626. The molecule has 0 bridgehead atoms. The SMILES string of the molecule is O=C1NC(O)=C(O)Nc2c1ncn2Cc1ccccc1. The first-order valence-corrected chi connectivity index (χ1v) is 5.95. The fourth-order valence-corrected chi connectivity index (χ4v) is 1.98. The summed E-state index contributed by atoms with van der Waals surface area (Å²) < 4.78 is 1.68. The molecule has 4 N–H and O–H groups in total. The molecule has 0 atom stereocenters. The van der Waals surface area contributed by atoms with Gasteiger partial charge in [-0.05, 0) is 5.56 Å². The summed E-state index contributed by atoms with van der Waals surface area (Å²) >= 11 is 0. The van der Waals surface area contributed by atoms with E-state index in [2.05, 4.69) is 15.6 Å². The quantitative estimate of drug-likeness (QED) is 0.661. The Labute approximate surface area is 114 Å². The highest BCUT2D eigenvalue weighted by molar-refractivity contribution is 5.98. The molecule has 20 heavy (non-hydrogen) atoms. The van der Waals surface area contributed by atoms with Crippen molar-refractivity contribution < 1.29 is 15.0 Å². The molecule has 102 valence electrons. The van der Waals surface area contributed by atoms with E-state index < -0.39 is 17.7 Å². The minimum absolute atomic E-state index is 0.108. The van der Waals surface area contributed by atoms with Crippen LogP contribution in [-0.4, -0.2) is 25.7 Å². The van der Waals surface area contributed by atoms with E-state index in [1.807, 2.05) is 30.3 Å². The lowest BCUT2D eigenvalue weighted by Crippen LogP contribution is -2.22. The maximum atomic E-state index is 11.8. The second-order valence-electron chi connectivity index (χ2n) is 4.33. The van der Waals surface area contributed by atoms with E-state index in [0.29, 0.717) is 12.4 Å². The van der Waals surface area contributed by atoms with Gasteiger partial charge in [-0.25, -0.2) is 4.98 Å². The number of imidazole rings is 1. The van der Waals surface area contributed by atoms with Crippen LogP contribution >= 0.6 is 0 Å². The van der Waals surface area contributed by atoms with Crippen molar-refractivity contribution in [2.45, 2.75) is 6.54 Å². The first-order chi connectivity index (χ1) is 9.65. The van der Waals surface area contributed by atoms with Crippen molar-refractivity contribution in [3.8, 4) is 0 Å². The Hall–Kier alpha value is -2.96. The number of amides is 1. The second kappa shape index (κ2) is 4.61. The Bertz CT molecular complexity index is 691. The van der Waals surface area contributed by atoms with Crippen molar-refractivity contribution in [1.29, 1.82) is 0 Å². The molecule has 0 fully saturated rings. The van der Waals surface area contributed by atoms with Gasteiger partial charge >= 0.3 is 0 Å². The number of carbonyl (C=O) groups excluding carboxylic acids is 1. The van der Waals surface area contributed by atoms with Gasteiger partial charge in [-0.2, -0.15) is 0 Å². The topological polar surface area (TPSA) is 99.4 Å². The number of fused-ring (bicyclic) bond motifs is 1. The molecule has 0 unspecified atom stereocenters. The van der Waals surface area contributed by atoms with Crippen LogP contribution in [0, 0.1) is 0 Å². The van der Waals surface area contributed by atoms with Gasteiger partial charge in [-0.15, -0.1) is 0 Å². The second-order valence-corrected chi connectivity index (χ2v) is 4.33. The molecule has 1 aliphatic rings. The summed E-state index contributed by atoms with van der Waals surface area (Å²) in [7, 11) is 0. The van der Waals surface area contributed by atoms with Gasteiger partial charge in [0.25, 0.3) is 17.7 Å². The lowest BCUT2D eigenvalue weighted by atomic mass is 10.2. The van der Waals surface area contributed by atoms with Gasteiger partial charge < -0.3 is 20.1 Å². The van der Waals surface area contributed by atoms with Crippen molar-refractivity contribution in [2.24, 2.45) is 0 Å². The number of aliphatic hydroxyl groups excluding tert-OH is 2. The Kier molecular flexibility index (Phi) is 2.79. The van der Waals surface area contributed by atoms with Gasteiger partial charge in [-0.1, -0.05) is 30.3 Å². The monoisotopic (exact) mass is 272 g/mol. The van der Waals surface area contributed by atoms with Gasteiger partial charge in [0.15, 0.2) is 5.69 Å². The number of aliphatic hydroxyl groups is 2. The van der Waals surface area contributed by atoms with Crippen LogP contribution in [0.25, 0.3) is 0 Å². The third-order valence-corrected chi connectivity index (χ3v) is 2.94. The highest BCUT2D eigenvalue weighted by atomic mass is 16.3. The molecule has 2 heterocycles. The van der Waals surface area contributed by atoms with Crippen LogP contribution in [0.5, 0.6) is 0 Å². The van der Waals surface area contributed by atoms with Crippen molar-refractivity contribution >= 4 is 11.7 Å². The molecule has 1 aliphatic heterocycles. The molecular formula is C13H12N4O3. The largest absolute Gasteiger partial charge is 0.491 e. The smallest absolute Gasteiger partial charge is 0.280 e. The maximum Gasteiger partial charge on any atom is 0.280 e. The molecule has 0 aliphatic carbocycles. The molecule has 1 aromatic carbocycles. The molecule has 1 aromatic heterocycles. The maximum absolute atomic E-state index is 11.8. The summed E-state index contributed by atoms with van der Waals surface area (Å²) in [5.74, 6) is -1.40. The molecule has 2 aromatic rings. The molecule has 7 nitrogen and oxygen atoms in total. The number of anilines is 1. The van der Waals surface area contributed by atoms with Crippen molar-refractivity contribution in [1.82, 2.24) is 14.9 Å². The highest BCUT2D eigenvalue weighted by Crippen LogP contribution is 2.20. The van der Waals surface area contributed by atoms with Gasteiger partial charge in [-0.3, -0.25) is 10.1 Å². The third-order valence-electron chi connectivity index (χ3n) is 2.94. The molecular weight excluding hydrogens is 260 g/mol. The lowest BCUT2D eigenvalue weighted by molar-refractivity contribution is 0.0940. The fraction of sp³-hybridized carbons (Fsp3) is 0.0769. The van der Waals surface area contributed by atoms with Gasteiger partial charge in [0.1, 0.15) is 5.82 Å². The molecule has 0 saturated heterocycles. The van der Waals surface area contributed by atoms with Gasteiger partial charge in [0.2, 0.25) is 0 Å². The van der Waals surface area contributed by atoms with Crippen molar-refractivity contribution in [3.05, 3.63) is 59.7 Å². The molecule has 1 amide bonds. The highest BCUT2D eigenvalue weighted by Gasteiger charge is 2.25. The fourth-order valence-electron chi connectivity index (χ4n) is 1.98. The van der Waals surface area contributed by atoms with Gasteiger partial charge in [0.05, 0.1) is 12.9 Å². The van der Waals surface area contributed by atoms with E-state index >= 15 is 0 Å². The standard InChI is InChI=1S/C13H12N4O3/c18-11-9-10(15-12(19)13(20)16-11)17(7-14-9)6-8-4-2-1-3-5-8/h1-5,7,15,19-20H,6H2,(H,16,18). The number of aromatic nitrogens is 2. The van der Waals surface area contributed by atoms with Crippen LogP contribution in [-0.2, 0) is 6.54 Å².